The van der Waals surface area contributed by atoms with Gasteiger partial charge in [0, 0.05) is 16.7 Å². The van der Waals surface area contributed by atoms with Gasteiger partial charge in [0.25, 0.3) is 0 Å². The number of aliphatic hydroxyl groups is 1. The Kier molecular flexibility index (Phi) is 6.52. The fourth-order valence-electron chi connectivity index (χ4n) is 2.56. The largest absolute Gasteiger partial charge is 0.515 e. The van der Waals surface area contributed by atoms with E-state index in [2.05, 4.69) is 5.10 Å². The van der Waals surface area contributed by atoms with E-state index in [-0.39, 0.29) is 25.7 Å². The van der Waals surface area contributed by atoms with Gasteiger partial charge in [-0.15, -0.1) is 5.10 Å². The van der Waals surface area contributed by atoms with Crippen LogP contribution in [0.3, 0.4) is 0 Å². The van der Waals surface area contributed by atoms with Crippen molar-refractivity contribution in [3.63, 3.8) is 0 Å². The van der Waals surface area contributed by atoms with Crippen molar-refractivity contribution in [3.8, 4) is 28.6 Å². The highest BCUT2D eigenvalue weighted by molar-refractivity contribution is 6.30. The van der Waals surface area contributed by atoms with Crippen molar-refractivity contribution in [3.05, 3.63) is 59.6 Å². The fraction of sp³-hybridized carbons (Fsp3) is 0.200. The third kappa shape index (κ3) is 4.82. The zero-order chi connectivity index (χ0) is 19.9. The SMILES string of the molecule is CCOC(=O)Oc1cc(-c2cccc(OCCO)c2)n(-c2cccc(Cl)c2)n1. The summed E-state index contributed by atoms with van der Waals surface area (Å²) in [6.45, 7) is 2.00. The van der Waals surface area contributed by atoms with E-state index in [4.69, 9.17) is 30.9 Å². The molecule has 0 fully saturated rings. The molecule has 28 heavy (non-hydrogen) atoms. The number of aliphatic hydroxyl groups excluding tert-OH is 1. The third-order valence-corrected chi connectivity index (χ3v) is 3.91. The summed E-state index contributed by atoms with van der Waals surface area (Å²) in [7, 11) is 0. The Morgan fingerprint density at radius 1 is 1.18 bits per heavy atom. The molecule has 0 unspecified atom stereocenters. The predicted octanol–water partition coefficient (Wildman–Crippen LogP) is 4.10. The maximum atomic E-state index is 11.7. The van der Waals surface area contributed by atoms with Gasteiger partial charge in [-0.2, -0.15) is 0 Å². The number of halogens is 1. The number of hydrogen-bond donors (Lipinski definition) is 1. The van der Waals surface area contributed by atoms with Crippen LogP contribution in [0.5, 0.6) is 11.6 Å². The highest BCUT2D eigenvalue weighted by Gasteiger charge is 2.16. The van der Waals surface area contributed by atoms with Crippen LogP contribution >= 0.6 is 11.6 Å². The molecule has 0 aliphatic heterocycles. The van der Waals surface area contributed by atoms with Gasteiger partial charge in [-0.1, -0.05) is 29.8 Å². The first kappa shape index (κ1) is 19.7. The molecular formula is C20H19ClN2O5. The van der Waals surface area contributed by atoms with Crippen LogP contribution in [-0.2, 0) is 4.74 Å². The van der Waals surface area contributed by atoms with Crippen molar-refractivity contribution >= 4 is 17.8 Å². The molecule has 3 aromatic rings. The first-order valence-electron chi connectivity index (χ1n) is 8.65. The summed E-state index contributed by atoms with van der Waals surface area (Å²) in [4.78, 5) is 11.7. The number of hydrogen-bond acceptors (Lipinski definition) is 6. The van der Waals surface area contributed by atoms with E-state index in [1.54, 1.807) is 41.9 Å². The molecule has 8 heteroatoms. The zero-order valence-corrected chi connectivity index (χ0v) is 15.9. The van der Waals surface area contributed by atoms with Gasteiger partial charge in [0.05, 0.1) is 24.6 Å². The molecule has 0 spiro atoms. The first-order valence-corrected chi connectivity index (χ1v) is 9.03. The second-order valence-electron chi connectivity index (χ2n) is 5.64. The molecular weight excluding hydrogens is 384 g/mol. The number of aromatic nitrogens is 2. The van der Waals surface area contributed by atoms with E-state index in [1.807, 2.05) is 24.3 Å². The van der Waals surface area contributed by atoms with E-state index in [0.29, 0.717) is 22.2 Å². The average Bonchev–Trinajstić information content (AvgIpc) is 3.10. The lowest BCUT2D eigenvalue weighted by molar-refractivity contribution is 0.102. The lowest BCUT2D eigenvalue weighted by atomic mass is 10.1. The number of ether oxygens (including phenoxy) is 3. The molecule has 7 nitrogen and oxygen atoms in total. The van der Waals surface area contributed by atoms with E-state index in [0.717, 1.165) is 5.56 Å². The van der Waals surface area contributed by atoms with Crippen molar-refractivity contribution in [1.29, 1.82) is 0 Å². The summed E-state index contributed by atoms with van der Waals surface area (Å²) < 4.78 is 17.1. The third-order valence-electron chi connectivity index (χ3n) is 3.68. The molecule has 0 bridgehead atoms. The lowest BCUT2D eigenvalue weighted by Gasteiger charge is -2.09. The van der Waals surface area contributed by atoms with Gasteiger partial charge in [0.2, 0.25) is 5.88 Å². The fourth-order valence-corrected chi connectivity index (χ4v) is 2.75. The molecule has 0 radical (unpaired) electrons. The normalized spacial score (nSPS) is 10.5. The van der Waals surface area contributed by atoms with Crippen LogP contribution < -0.4 is 9.47 Å². The van der Waals surface area contributed by atoms with Gasteiger partial charge in [0.1, 0.15) is 12.4 Å². The minimum absolute atomic E-state index is 0.0811. The van der Waals surface area contributed by atoms with Gasteiger partial charge in [-0.05, 0) is 37.3 Å². The number of nitrogens with zero attached hydrogens (tertiary/aromatic N) is 2. The summed E-state index contributed by atoms with van der Waals surface area (Å²) in [5, 5.41) is 13.9. The minimum atomic E-state index is -0.829. The van der Waals surface area contributed by atoms with E-state index in [1.165, 1.54) is 0 Å². The smallest absolute Gasteiger partial charge is 0.491 e. The van der Waals surface area contributed by atoms with Gasteiger partial charge in [0.15, 0.2) is 0 Å². The van der Waals surface area contributed by atoms with Crippen molar-refractivity contribution in [1.82, 2.24) is 9.78 Å². The van der Waals surface area contributed by atoms with E-state index in [9.17, 15) is 4.79 Å². The summed E-state index contributed by atoms with van der Waals surface area (Å²) in [5.41, 5.74) is 2.14. The minimum Gasteiger partial charge on any atom is -0.491 e. The maximum absolute atomic E-state index is 11.7. The Morgan fingerprint density at radius 2 is 2.00 bits per heavy atom. The number of benzene rings is 2. The standard InChI is InChI=1S/C20H19ClN2O5/c1-2-26-20(25)28-19-13-18(14-5-3-8-17(11-14)27-10-9-24)23(22-19)16-7-4-6-15(21)12-16/h3-8,11-13,24H,2,9-10H2,1H3. The summed E-state index contributed by atoms with van der Waals surface area (Å²) in [6, 6.07) is 16.1. The Labute approximate surface area is 167 Å². The first-order chi connectivity index (χ1) is 13.6. The molecule has 2 aromatic carbocycles. The molecule has 1 heterocycles. The monoisotopic (exact) mass is 402 g/mol. The molecule has 3 rings (SSSR count). The van der Waals surface area contributed by atoms with Gasteiger partial charge in [-0.25, -0.2) is 9.48 Å². The molecule has 146 valence electrons. The maximum Gasteiger partial charge on any atom is 0.515 e. The summed E-state index contributed by atoms with van der Waals surface area (Å²) in [5.74, 6) is 0.688. The molecule has 0 aliphatic carbocycles. The molecule has 0 saturated carbocycles. The number of carbonyl (C=O) groups excluding carboxylic acids is 1. The molecule has 1 aromatic heterocycles. The van der Waals surface area contributed by atoms with Crippen LogP contribution in [0.25, 0.3) is 16.9 Å². The Hall–Kier alpha value is -3.03. The van der Waals surface area contributed by atoms with Crippen LogP contribution in [0.4, 0.5) is 4.79 Å². The highest BCUT2D eigenvalue weighted by atomic mass is 35.5. The Morgan fingerprint density at radius 3 is 2.75 bits per heavy atom. The van der Waals surface area contributed by atoms with Crippen molar-refractivity contribution < 1.29 is 24.1 Å². The van der Waals surface area contributed by atoms with Crippen LogP contribution in [-0.4, -0.2) is 40.9 Å². The molecule has 0 amide bonds. The number of carbonyl (C=O) groups is 1. The Bertz CT molecular complexity index is 957. The zero-order valence-electron chi connectivity index (χ0n) is 15.2. The highest BCUT2D eigenvalue weighted by Crippen LogP contribution is 2.30. The van der Waals surface area contributed by atoms with Crippen LogP contribution in [0, 0.1) is 0 Å². The molecule has 0 saturated heterocycles. The topological polar surface area (TPSA) is 82.8 Å². The van der Waals surface area contributed by atoms with Crippen LogP contribution in [0.15, 0.2) is 54.6 Å². The summed E-state index contributed by atoms with van der Waals surface area (Å²) >= 11 is 6.12. The van der Waals surface area contributed by atoms with Crippen molar-refractivity contribution in [2.45, 2.75) is 6.92 Å². The Balaban J connectivity index is 2.03. The van der Waals surface area contributed by atoms with E-state index < -0.39 is 6.16 Å². The second-order valence-corrected chi connectivity index (χ2v) is 6.08. The van der Waals surface area contributed by atoms with Gasteiger partial charge in [-0.3, -0.25) is 0 Å². The second kappa shape index (κ2) is 9.25. The van der Waals surface area contributed by atoms with Crippen molar-refractivity contribution in [2.75, 3.05) is 19.8 Å². The van der Waals surface area contributed by atoms with E-state index >= 15 is 0 Å². The lowest BCUT2D eigenvalue weighted by Crippen LogP contribution is -2.10. The average molecular weight is 403 g/mol. The van der Waals surface area contributed by atoms with Crippen LogP contribution in [0.2, 0.25) is 5.02 Å². The van der Waals surface area contributed by atoms with Gasteiger partial charge >= 0.3 is 6.16 Å². The molecule has 1 N–H and O–H groups in total. The van der Waals surface area contributed by atoms with Gasteiger partial charge < -0.3 is 19.3 Å². The predicted molar refractivity (Wildman–Crippen MR) is 104 cm³/mol. The van der Waals surface area contributed by atoms with Crippen molar-refractivity contribution in [2.24, 2.45) is 0 Å². The quantitative estimate of drug-likeness (QED) is 0.599. The van der Waals surface area contributed by atoms with Crippen LogP contribution in [0.1, 0.15) is 6.92 Å². The number of rotatable bonds is 7. The summed E-state index contributed by atoms with van der Waals surface area (Å²) in [6.07, 6.45) is -0.829. The molecule has 0 aliphatic rings. The molecule has 0 atom stereocenters.